The number of nitrogens with zero attached hydrogens (tertiary/aromatic N) is 1. The molecule has 0 amide bonds. The van der Waals surface area contributed by atoms with Gasteiger partial charge in [-0.25, -0.2) is 5.10 Å². The number of aromatic nitrogens is 2. The van der Waals surface area contributed by atoms with E-state index in [0.717, 1.165) is 28.8 Å². The molecule has 0 saturated heterocycles. The summed E-state index contributed by atoms with van der Waals surface area (Å²) in [7, 11) is 0. The van der Waals surface area contributed by atoms with Crippen molar-refractivity contribution in [2.24, 2.45) is 0 Å². The molecule has 2 rings (SSSR count). The maximum absolute atomic E-state index is 11.9. The number of aromatic amines is 1. The van der Waals surface area contributed by atoms with Gasteiger partial charge in [-0.15, -0.1) is 0 Å². The molecule has 112 valence electrons. The van der Waals surface area contributed by atoms with Crippen molar-refractivity contribution in [3.63, 3.8) is 0 Å². The molecular formula is C17H23N3O. The van der Waals surface area contributed by atoms with Gasteiger partial charge in [0.05, 0.1) is 5.69 Å². The maximum Gasteiger partial charge on any atom is 0.268 e. The number of H-pyrrole nitrogens is 1. The van der Waals surface area contributed by atoms with E-state index in [2.05, 4.69) is 61.4 Å². The minimum atomic E-state index is -0.126. The molecule has 0 radical (unpaired) electrons. The van der Waals surface area contributed by atoms with Crippen molar-refractivity contribution in [3.8, 4) is 11.3 Å². The highest BCUT2D eigenvalue weighted by Gasteiger charge is 2.08. The van der Waals surface area contributed by atoms with Crippen molar-refractivity contribution in [2.75, 3.05) is 0 Å². The van der Waals surface area contributed by atoms with Crippen molar-refractivity contribution in [1.82, 2.24) is 15.5 Å². The lowest BCUT2D eigenvalue weighted by atomic mass is 10.0. The summed E-state index contributed by atoms with van der Waals surface area (Å²) in [5.41, 5.74) is 4.85. The fraction of sp³-hybridized carbons (Fsp3) is 0.412. The van der Waals surface area contributed by atoms with Crippen LogP contribution in [0.15, 0.2) is 29.1 Å². The zero-order chi connectivity index (χ0) is 15.4. The maximum atomic E-state index is 11.9. The van der Waals surface area contributed by atoms with Crippen LogP contribution in [0.5, 0.6) is 0 Å². The first-order valence-electron chi connectivity index (χ1n) is 7.41. The summed E-state index contributed by atoms with van der Waals surface area (Å²) in [6, 6.07) is 8.51. The first kappa shape index (κ1) is 15.4. The molecule has 4 heteroatoms. The van der Waals surface area contributed by atoms with Gasteiger partial charge in [0, 0.05) is 23.7 Å². The van der Waals surface area contributed by atoms with Gasteiger partial charge in [0.15, 0.2) is 0 Å². The van der Waals surface area contributed by atoms with Crippen molar-refractivity contribution in [2.45, 2.75) is 46.7 Å². The Bertz CT molecular complexity index is 676. The summed E-state index contributed by atoms with van der Waals surface area (Å²) in [6.45, 7) is 8.92. The molecule has 0 aliphatic carbocycles. The summed E-state index contributed by atoms with van der Waals surface area (Å²) in [6.07, 6.45) is 1.03. The summed E-state index contributed by atoms with van der Waals surface area (Å²) in [5.74, 6) is 0. The van der Waals surface area contributed by atoms with E-state index >= 15 is 0 Å². The Balaban J connectivity index is 2.31. The minimum absolute atomic E-state index is 0.126. The van der Waals surface area contributed by atoms with Crippen LogP contribution < -0.4 is 10.9 Å². The van der Waals surface area contributed by atoms with Crippen LogP contribution in [0.2, 0.25) is 0 Å². The zero-order valence-corrected chi connectivity index (χ0v) is 13.2. The van der Waals surface area contributed by atoms with Gasteiger partial charge in [0.1, 0.15) is 0 Å². The number of nitrogens with one attached hydrogen (secondary N) is 2. The van der Waals surface area contributed by atoms with E-state index in [4.69, 9.17) is 0 Å². The number of hydrogen-bond acceptors (Lipinski definition) is 3. The number of rotatable bonds is 5. The molecule has 2 N–H and O–H groups in total. The Morgan fingerprint density at radius 1 is 1.29 bits per heavy atom. The van der Waals surface area contributed by atoms with E-state index in [1.54, 1.807) is 0 Å². The van der Waals surface area contributed by atoms with Gasteiger partial charge >= 0.3 is 0 Å². The molecule has 1 heterocycles. The largest absolute Gasteiger partial charge is 0.310 e. The number of hydrogen-bond donors (Lipinski definition) is 2. The zero-order valence-electron chi connectivity index (χ0n) is 13.2. The van der Waals surface area contributed by atoms with Gasteiger partial charge in [0.25, 0.3) is 5.56 Å². The monoisotopic (exact) mass is 285 g/mol. The molecule has 0 aliphatic heterocycles. The lowest BCUT2D eigenvalue weighted by Crippen LogP contribution is -2.28. The van der Waals surface area contributed by atoms with Crippen LogP contribution in [0.25, 0.3) is 11.3 Å². The predicted molar refractivity (Wildman–Crippen MR) is 86.4 cm³/mol. The molecule has 1 unspecified atom stereocenters. The van der Waals surface area contributed by atoms with Gasteiger partial charge in [-0.05, 0) is 38.8 Å². The van der Waals surface area contributed by atoms with E-state index in [1.807, 2.05) is 6.07 Å². The number of aryl methyl sites for hydroxylation is 2. The van der Waals surface area contributed by atoms with E-state index in [0.29, 0.717) is 12.6 Å². The van der Waals surface area contributed by atoms with Crippen LogP contribution >= 0.6 is 0 Å². The third-order valence-electron chi connectivity index (χ3n) is 3.79. The van der Waals surface area contributed by atoms with E-state index in [-0.39, 0.29) is 5.56 Å². The van der Waals surface area contributed by atoms with Crippen molar-refractivity contribution in [1.29, 1.82) is 0 Å². The average Bonchev–Trinajstić information content (AvgIpc) is 2.46. The highest BCUT2D eigenvalue weighted by molar-refractivity contribution is 5.63. The molecule has 21 heavy (non-hydrogen) atoms. The quantitative estimate of drug-likeness (QED) is 0.888. The highest BCUT2D eigenvalue weighted by atomic mass is 16.1. The van der Waals surface area contributed by atoms with Gasteiger partial charge in [-0.3, -0.25) is 4.79 Å². The second kappa shape index (κ2) is 6.68. The van der Waals surface area contributed by atoms with Crippen LogP contribution in [-0.4, -0.2) is 16.2 Å². The summed E-state index contributed by atoms with van der Waals surface area (Å²) < 4.78 is 0. The average molecular weight is 285 g/mol. The molecule has 1 aromatic heterocycles. The minimum Gasteiger partial charge on any atom is -0.310 e. The first-order chi connectivity index (χ1) is 10.0. The van der Waals surface area contributed by atoms with Crippen molar-refractivity contribution in [3.05, 3.63) is 51.3 Å². The molecule has 2 aromatic rings. The van der Waals surface area contributed by atoms with Gasteiger partial charge in [-0.1, -0.05) is 30.7 Å². The van der Waals surface area contributed by atoms with Gasteiger partial charge < -0.3 is 5.32 Å². The molecule has 0 bridgehead atoms. The van der Waals surface area contributed by atoms with Crippen molar-refractivity contribution < 1.29 is 0 Å². The van der Waals surface area contributed by atoms with Crippen LogP contribution in [0.4, 0.5) is 0 Å². The Labute approximate surface area is 125 Å². The third-order valence-corrected chi connectivity index (χ3v) is 3.79. The second-order valence-corrected chi connectivity index (χ2v) is 5.62. The Kier molecular flexibility index (Phi) is 4.91. The Morgan fingerprint density at radius 2 is 2.05 bits per heavy atom. The van der Waals surface area contributed by atoms with E-state index in [1.165, 1.54) is 5.56 Å². The lowest BCUT2D eigenvalue weighted by Gasteiger charge is -2.11. The molecule has 1 atom stereocenters. The number of benzene rings is 1. The molecule has 4 nitrogen and oxygen atoms in total. The molecule has 0 fully saturated rings. The van der Waals surface area contributed by atoms with Gasteiger partial charge in [-0.2, -0.15) is 5.10 Å². The normalized spacial score (nSPS) is 12.4. The predicted octanol–water partition coefficient (Wildman–Crippen LogP) is 2.94. The van der Waals surface area contributed by atoms with Crippen LogP contribution in [-0.2, 0) is 6.54 Å². The second-order valence-electron chi connectivity index (χ2n) is 5.62. The van der Waals surface area contributed by atoms with Crippen molar-refractivity contribution >= 4 is 0 Å². The fourth-order valence-corrected chi connectivity index (χ4v) is 2.24. The fourth-order valence-electron chi connectivity index (χ4n) is 2.24. The van der Waals surface area contributed by atoms with Crippen LogP contribution in [0, 0.1) is 13.8 Å². The third kappa shape index (κ3) is 3.79. The highest BCUT2D eigenvalue weighted by Crippen LogP contribution is 2.21. The molecule has 0 aliphatic rings. The summed E-state index contributed by atoms with van der Waals surface area (Å²) in [5, 5.41) is 10.1. The molecular weight excluding hydrogens is 262 g/mol. The van der Waals surface area contributed by atoms with Crippen LogP contribution in [0.1, 0.15) is 37.0 Å². The summed E-state index contributed by atoms with van der Waals surface area (Å²) in [4.78, 5) is 11.9. The van der Waals surface area contributed by atoms with Crippen LogP contribution in [0.3, 0.4) is 0 Å². The molecule has 0 spiro atoms. The smallest absolute Gasteiger partial charge is 0.268 e. The Hall–Kier alpha value is -1.94. The SMILES string of the molecule is CCC(C)NCc1cc(-c2ccc(C)cc2C)n[nH]c1=O. The first-order valence-corrected chi connectivity index (χ1v) is 7.41. The van der Waals surface area contributed by atoms with Gasteiger partial charge in [0.2, 0.25) is 0 Å². The molecule has 0 saturated carbocycles. The standard InChI is InChI=1S/C17H23N3O/c1-5-13(4)18-10-14-9-16(19-20-17(14)21)15-7-6-11(2)8-12(15)3/h6-9,13,18H,5,10H2,1-4H3,(H,20,21). The van der Waals surface area contributed by atoms with E-state index in [9.17, 15) is 4.79 Å². The Morgan fingerprint density at radius 3 is 2.71 bits per heavy atom. The van der Waals surface area contributed by atoms with E-state index < -0.39 is 0 Å². The molecule has 1 aromatic carbocycles. The lowest BCUT2D eigenvalue weighted by molar-refractivity contribution is 0.531. The summed E-state index contributed by atoms with van der Waals surface area (Å²) >= 11 is 0. The topological polar surface area (TPSA) is 57.8 Å².